The number of aromatic amines is 1. The first-order valence-electron chi connectivity index (χ1n) is 9.60. The molecule has 2 saturated carbocycles. The number of aliphatic hydroxyl groups is 1. The summed E-state index contributed by atoms with van der Waals surface area (Å²) in [4.78, 5) is 17.9. The molecule has 1 aromatic heterocycles. The number of aromatic nitrogens is 1. The molecule has 4 heteroatoms. The molecule has 1 heterocycles. The van der Waals surface area contributed by atoms with Crippen molar-refractivity contribution in [2.45, 2.75) is 57.1 Å². The van der Waals surface area contributed by atoms with Gasteiger partial charge in [-0.3, -0.25) is 4.79 Å². The molecule has 0 radical (unpaired) electrons. The fraction of sp³-hybridized carbons (Fsp3) is 0.571. The van der Waals surface area contributed by atoms with Gasteiger partial charge in [-0.25, -0.2) is 0 Å². The maximum atomic E-state index is 12.6. The zero-order valence-corrected chi connectivity index (χ0v) is 14.9. The van der Waals surface area contributed by atoms with Crippen molar-refractivity contribution in [1.82, 2.24) is 9.88 Å². The van der Waals surface area contributed by atoms with E-state index < -0.39 is 0 Å². The van der Waals surface area contributed by atoms with E-state index in [9.17, 15) is 9.90 Å². The number of para-hydroxylation sites is 1. The van der Waals surface area contributed by atoms with Crippen LogP contribution in [0.25, 0.3) is 10.9 Å². The molecule has 2 unspecified atom stereocenters. The van der Waals surface area contributed by atoms with Gasteiger partial charge in [0.05, 0.1) is 6.10 Å². The first-order chi connectivity index (χ1) is 12.1. The number of H-pyrrole nitrogens is 1. The summed E-state index contributed by atoms with van der Waals surface area (Å²) in [6.07, 6.45) is 8.43. The Labute approximate surface area is 149 Å². The summed E-state index contributed by atoms with van der Waals surface area (Å²) in [5, 5.41) is 11.0. The molecule has 0 spiro atoms. The van der Waals surface area contributed by atoms with E-state index in [0.717, 1.165) is 38.5 Å². The minimum Gasteiger partial charge on any atom is -0.393 e. The van der Waals surface area contributed by atoms with Gasteiger partial charge in [0.1, 0.15) is 0 Å². The summed E-state index contributed by atoms with van der Waals surface area (Å²) in [5.74, 6) is 1.52. The van der Waals surface area contributed by atoms with Crippen LogP contribution < -0.4 is 0 Å². The van der Waals surface area contributed by atoms with Crippen LogP contribution in [0.2, 0.25) is 0 Å². The molecule has 1 amide bonds. The van der Waals surface area contributed by atoms with Gasteiger partial charge in [0, 0.05) is 36.6 Å². The van der Waals surface area contributed by atoms with Gasteiger partial charge in [0.2, 0.25) is 5.91 Å². The second-order valence-electron chi connectivity index (χ2n) is 7.99. The largest absolute Gasteiger partial charge is 0.393 e. The lowest BCUT2D eigenvalue weighted by Gasteiger charge is -2.25. The molecule has 4 nitrogen and oxygen atoms in total. The first kappa shape index (κ1) is 16.6. The van der Waals surface area contributed by atoms with E-state index in [1.165, 1.54) is 16.5 Å². The highest BCUT2D eigenvalue weighted by Gasteiger charge is 2.42. The summed E-state index contributed by atoms with van der Waals surface area (Å²) < 4.78 is 0. The Morgan fingerprint density at radius 2 is 1.92 bits per heavy atom. The number of hydrogen-bond acceptors (Lipinski definition) is 2. The molecule has 4 atom stereocenters. The predicted octanol–water partition coefficient (Wildman–Crippen LogP) is 3.50. The van der Waals surface area contributed by atoms with Gasteiger partial charge in [0.15, 0.2) is 0 Å². The summed E-state index contributed by atoms with van der Waals surface area (Å²) >= 11 is 0. The van der Waals surface area contributed by atoms with Crippen LogP contribution in [0.15, 0.2) is 30.5 Å². The zero-order chi connectivity index (χ0) is 17.4. The summed E-state index contributed by atoms with van der Waals surface area (Å²) in [5.41, 5.74) is 2.47. The third kappa shape index (κ3) is 3.32. The number of benzene rings is 1. The maximum Gasteiger partial charge on any atom is 0.222 e. The fourth-order valence-electron chi connectivity index (χ4n) is 5.02. The predicted molar refractivity (Wildman–Crippen MR) is 99.2 cm³/mol. The van der Waals surface area contributed by atoms with Crippen LogP contribution in [0.3, 0.4) is 0 Å². The van der Waals surface area contributed by atoms with Crippen LogP contribution in [0.1, 0.15) is 44.1 Å². The van der Waals surface area contributed by atoms with Crippen molar-refractivity contribution in [2.75, 3.05) is 7.05 Å². The summed E-state index contributed by atoms with van der Waals surface area (Å²) in [7, 11) is 1.97. The molecule has 2 aliphatic carbocycles. The second kappa shape index (κ2) is 6.83. The van der Waals surface area contributed by atoms with Crippen molar-refractivity contribution < 1.29 is 9.90 Å². The molecule has 0 aliphatic heterocycles. The molecule has 2 fully saturated rings. The van der Waals surface area contributed by atoms with E-state index in [-0.39, 0.29) is 12.0 Å². The molecule has 25 heavy (non-hydrogen) atoms. The number of aliphatic hydroxyl groups excluding tert-OH is 1. The average Bonchev–Trinajstić information content (AvgIpc) is 3.27. The van der Waals surface area contributed by atoms with E-state index >= 15 is 0 Å². The molecular formula is C21H28N2O2. The quantitative estimate of drug-likeness (QED) is 0.875. The molecule has 4 rings (SSSR count). The Morgan fingerprint density at radius 1 is 1.20 bits per heavy atom. The molecule has 134 valence electrons. The smallest absolute Gasteiger partial charge is 0.222 e. The highest BCUT2D eigenvalue weighted by molar-refractivity contribution is 5.83. The number of amides is 1. The number of carbonyl (C=O) groups excluding carboxylic acids is 1. The number of nitrogens with one attached hydrogen (secondary N) is 1. The maximum absolute atomic E-state index is 12.6. The molecule has 0 saturated heterocycles. The Morgan fingerprint density at radius 3 is 2.68 bits per heavy atom. The summed E-state index contributed by atoms with van der Waals surface area (Å²) in [6, 6.07) is 8.71. The van der Waals surface area contributed by atoms with Gasteiger partial charge in [-0.05, 0) is 62.0 Å². The number of fused-ring (bicyclic) bond motifs is 2. The van der Waals surface area contributed by atoms with Gasteiger partial charge in [-0.1, -0.05) is 18.2 Å². The Kier molecular flexibility index (Phi) is 4.55. The SMILES string of the molecule is CN(C(=O)CCCc1c[nH]c2ccccc12)C1C[C@H]2CC(O)C[C@H]2C1. The Hall–Kier alpha value is -1.81. The van der Waals surface area contributed by atoms with Crippen molar-refractivity contribution in [1.29, 1.82) is 0 Å². The second-order valence-corrected chi connectivity index (χ2v) is 7.99. The van der Waals surface area contributed by atoms with E-state index in [2.05, 4.69) is 29.4 Å². The Balaban J connectivity index is 1.28. The van der Waals surface area contributed by atoms with Crippen molar-refractivity contribution in [2.24, 2.45) is 11.8 Å². The van der Waals surface area contributed by atoms with Crippen LogP contribution in [-0.2, 0) is 11.2 Å². The minimum absolute atomic E-state index is 0.104. The molecular weight excluding hydrogens is 312 g/mol. The highest BCUT2D eigenvalue weighted by atomic mass is 16.3. The van der Waals surface area contributed by atoms with E-state index in [1.807, 2.05) is 18.0 Å². The van der Waals surface area contributed by atoms with Crippen molar-refractivity contribution in [3.05, 3.63) is 36.0 Å². The molecule has 1 aromatic carbocycles. The van der Waals surface area contributed by atoms with Crippen LogP contribution in [0.5, 0.6) is 0 Å². The molecule has 2 aliphatic rings. The van der Waals surface area contributed by atoms with E-state index in [4.69, 9.17) is 0 Å². The third-order valence-electron chi connectivity index (χ3n) is 6.42. The molecule has 0 bridgehead atoms. The van der Waals surface area contributed by atoms with Crippen molar-refractivity contribution in [3.8, 4) is 0 Å². The van der Waals surface area contributed by atoms with Crippen molar-refractivity contribution >= 4 is 16.8 Å². The normalized spacial score (nSPS) is 28.4. The van der Waals surface area contributed by atoms with E-state index in [0.29, 0.717) is 24.3 Å². The number of nitrogens with zero attached hydrogens (tertiary/aromatic N) is 1. The lowest BCUT2D eigenvalue weighted by Crippen LogP contribution is -2.35. The van der Waals surface area contributed by atoms with Crippen LogP contribution >= 0.6 is 0 Å². The van der Waals surface area contributed by atoms with Crippen molar-refractivity contribution in [3.63, 3.8) is 0 Å². The summed E-state index contributed by atoms with van der Waals surface area (Å²) in [6.45, 7) is 0. The van der Waals surface area contributed by atoms with E-state index in [1.54, 1.807) is 0 Å². The number of hydrogen-bond donors (Lipinski definition) is 2. The lowest BCUT2D eigenvalue weighted by atomic mass is 10.0. The molecule has 2 N–H and O–H groups in total. The number of carbonyl (C=O) groups is 1. The van der Waals surface area contributed by atoms with Crippen LogP contribution in [0, 0.1) is 11.8 Å². The minimum atomic E-state index is -0.104. The standard InChI is InChI=1S/C21H28N2O2/c1-23(17-9-15-11-18(24)12-16(15)10-17)21(25)8-4-5-14-13-22-20-7-3-2-6-19(14)20/h2-3,6-7,13,15-18,22,24H,4-5,8-12H2,1H3/t15-,16+,17?,18?. The highest BCUT2D eigenvalue weighted by Crippen LogP contribution is 2.45. The average molecular weight is 340 g/mol. The van der Waals surface area contributed by atoms with Crippen LogP contribution in [-0.4, -0.2) is 40.1 Å². The van der Waals surface area contributed by atoms with Gasteiger partial charge in [0.25, 0.3) is 0 Å². The number of aryl methyl sites for hydroxylation is 1. The first-order valence-corrected chi connectivity index (χ1v) is 9.60. The van der Waals surface area contributed by atoms with Gasteiger partial charge in [-0.15, -0.1) is 0 Å². The fourth-order valence-corrected chi connectivity index (χ4v) is 5.02. The number of rotatable bonds is 5. The zero-order valence-electron chi connectivity index (χ0n) is 14.9. The topological polar surface area (TPSA) is 56.3 Å². The monoisotopic (exact) mass is 340 g/mol. The van der Waals surface area contributed by atoms with Gasteiger partial charge in [-0.2, -0.15) is 0 Å². The van der Waals surface area contributed by atoms with Gasteiger partial charge >= 0.3 is 0 Å². The van der Waals surface area contributed by atoms with Crippen LogP contribution in [0.4, 0.5) is 0 Å². The Bertz CT molecular complexity index is 739. The third-order valence-corrected chi connectivity index (χ3v) is 6.42. The molecule has 2 aromatic rings. The lowest BCUT2D eigenvalue weighted by molar-refractivity contribution is -0.132. The van der Waals surface area contributed by atoms with Gasteiger partial charge < -0.3 is 15.0 Å².